The van der Waals surface area contributed by atoms with E-state index in [-0.39, 0.29) is 0 Å². The Morgan fingerprint density at radius 3 is 2.78 bits per heavy atom. The Hall–Kier alpha value is -0.970. The van der Waals surface area contributed by atoms with Crippen LogP contribution in [0.15, 0.2) is 0 Å². The third-order valence-corrected chi connectivity index (χ3v) is 4.69. The second-order valence-electron chi connectivity index (χ2n) is 5.00. The van der Waals surface area contributed by atoms with Gasteiger partial charge in [0, 0.05) is 16.9 Å². The van der Waals surface area contributed by atoms with E-state index in [9.17, 15) is 0 Å². The molecule has 0 amide bonds. The summed E-state index contributed by atoms with van der Waals surface area (Å²) in [5, 5.41) is 4.33. The molecule has 2 rings (SSSR count). The normalized spacial score (nSPS) is 23.9. The summed E-state index contributed by atoms with van der Waals surface area (Å²) in [7, 11) is 0. The summed E-state index contributed by atoms with van der Waals surface area (Å²) < 4.78 is 0. The van der Waals surface area contributed by atoms with Crippen LogP contribution in [-0.4, -0.2) is 27.5 Å². The SMILES string of the molecule is CSC1CCCC(Nc2nc(C)nc(N)c2C)C1. The van der Waals surface area contributed by atoms with Crippen molar-refractivity contribution >= 4 is 23.4 Å². The molecule has 2 atom stereocenters. The summed E-state index contributed by atoms with van der Waals surface area (Å²) in [6.07, 6.45) is 7.26. The van der Waals surface area contributed by atoms with Crippen molar-refractivity contribution in [2.45, 2.75) is 50.8 Å². The molecule has 0 radical (unpaired) electrons. The van der Waals surface area contributed by atoms with E-state index in [0.29, 0.717) is 11.9 Å². The summed E-state index contributed by atoms with van der Waals surface area (Å²) >= 11 is 1.97. The molecule has 100 valence electrons. The molecule has 1 aromatic heterocycles. The van der Waals surface area contributed by atoms with Crippen molar-refractivity contribution in [1.29, 1.82) is 0 Å². The van der Waals surface area contributed by atoms with Crippen molar-refractivity contribution < 1.29 is 0 Å². The van der Waals surface area contributed by atoms with Gasteiger partial charge >= 0.3 is 0 Å². The molecular formula is C13H22N4S. The predicted molar refractivity (Wildman–Crippen MR) is 79.1 cm³/mol. The van der Waals surface area contributed by atoms with Crippen LogP contribution in [0.4, 0.5) is 11.6 Å². The third-order valence-electron chi connectivity index (χ3n) is 3.60. The van der Waals surface area contributed by atoms with Gasteiger partial charge in [-0.15, -0.1) is 0 Å². The third kappa shape index (κ3) is 3.07. The van der Waals surface area contributed by atoms with Gasteiger partial charge in [0.2, 0.25) is 0 Å². The van der Waals surface area contributed by atoms with Crippen molar-refractivity contribution in [3.8, 4) is 0 Å². The fraction of sp³-hybridized carbons (Fsp3) is 0.692. The van der Waals surface area contributed by atoms with Gasteiger partial charge < -0.3 is 11.1 Å². The smallest absolute Gasteiger partial charge is 0.134 e. The summed E-state index contributed by atoms with van der Waals surface area (Å²) in [5.74, 6) is 2.23. The van der Waals surface area contributed by atoms with Gasteiger partial charge in [0.05, 0.1) is 0 Å². The zero-order valence-electron chi connectivity index (χ0n) is 11.4. The van der Waals surface area contributed by atoms with Crippen LogP contribution in [-0.2, 0) is 0 Å². The van der Waals surface area contributed by atoms with E-state index in [1.54, 1.807) is 0 Å². The summed E-state index contributed by atoms with van der Waals surface area (Å²) in [6, 6.07) is 0.517. The van der Waals surface area contributed by atoms with Gasteiger partial charge in [0.1, 0.15) is 17.5 Å². The van der Waals surface area contributed by atoms with Gasteiger partial charge in [-0.25, -0.2) is 9.97 Å². The lowest BCUT2D eigenvalue weighted by atomic mass is 9.95. The number of nitrogens with one attached hydrogen (secondary N) is 1. The minimum atomic E-state index is 0.517. The number of nitrogens with zero attached hydrogens (tertiary/aromatic N) is 2. The van der Waals surface area contributed by atoms with Crippen LogP contribution in [0.2, 0.25) is 0 Å². The lowest BCUT2D eigenvalue weighted by molar-refractivity contribution is 0.472. The maximum Gasteiger partial charge on any atom is 0.134 e. The fourth-order valence-corrected chi connectivity index (χ4v) is 3.30. The first kappa shape index (κ1) is 13.5. The molecule has 1 fully saturated rings. The lowest BCUT2D eigenvalue weighted by Crippen LogP contribution is -2.29. The van der Waals surface area contributed by atoms with E-state index in [4.69, 9.17) is 5.73 Å². The van der Waals surface area contributed by atoms with Crippen LogP contribution in [0.25, 0.3) is 0 Å². The Morgan fingerprint density at radius 2 is 2.06 bits per heavy atom. The molecule has 1 saturated carbocycles. The van der Waals surface area contributed by atoms with Gasteiger partial charge in [-0.2, -0.15) is 11.8 Å². The fourth-order valence-electron chi connectivity index (χ4n) is 2.47. The van der Waals surface area contributed by atoms with E-state index in [2.05, 4.69) is 21.5 Å². The largest absolute Gasteiger partial charge is 0.383 e. The maximum atomic E-state index is 5.88. The van der Waals surface area contributed by atoms with Crippen molar-refractivity contribution in [2.75, 3.05) is 17.3 Å². The molecule has 1 aromatic rings. The summed E-state index contributed by atoms with van der Waals surface area (Å²) in [6.45, 7) is 3.86. The number of nitrogens with two attached hydrogens (primary N) is 1. The van der Waals surface area contributed by atoms with Gasteiger partial charge in [-0.3, -0.25) is 0 Å². The molecule has 0 aliphatic heterocycles. The Bertz CT molecular complexity index is 422. The topological polar surface area (TPSA) is 63.8 Å². The number of aryl methyl sites for hydroxylation is 1. The zero-order valence-corrected chi connectivity index (χ0v) is 12.2. The van der Waals surface area contributed by atoms with Gasteiger partial charge in [-0.1, -0.05) is 6.42 Å². The Balaban J connectivity index is 2.09. The van der Waals surface area contributed by atoms with E-state index >= 15 is 0 Å². The second-order valence-corrected chi connectivity index (χ2v) is 6.13. The number of nitrogen functional groups attached to an aromatic ring is 1. The standard InChI is InChI=1S/C13H22N4S/c1-8-12(14)15-9(2)16-13(8)17-10-5-4-6-11(7-10)18-3/h10-11H,4-7H2,1-3H3,(H3,14,15,16,17). The summed E-state index contributed by atoms with van der Waals surface area (Å²) in [4.78, 5) is 8.65. The molecule has 2 unspecified atom stereocenters. The molecule has 5 heteroatoms. The molecule has 18 heavy (non-hydrogen) atoms. The number of rotatable bonds is 3. The van der Waals surface area contributed by atoms with Crippen molar-refractivity contribution in [3.63, 3.8) is 0 Å². The lowest BCUT2D eigenvalue weighted by Gasteiger charge is -2.29. The van der Waals surface area contributed by atoms with Crippen LogP contribution in [0, 0.1) is 13.8 Å². The molecule has 0 spiro atoms. The van der Waals surface area contributed by atoms with Crippen LogP contribution in [0.1, 0.15) is 37.1 Å². The number of hydrogen-bond donors (Lipinski definition) is 2. The minimum absolute atomic E-state index is 0.517. The Labute approximate surface area is 113 Å². The van der Waals surface area contributed by atoms with Crippen molar-refractivity contribution in [3.05, 3.63) is 11.4 Å². The molecule has 4 nitrogen and oxygen atoms in total. The van der Waals surface area contributed by atoms with Crippen LogP contribution < -0.4 is 11.1 Å². The number of thioether (sulfide) groups is 1. The average Bonchev–Trinajstić information content (AvgIpc) is 2.35. The van der Waals surface area contributed by atoms with Gasteiger partial charge in [-0.05, 0) is 39.4 Å². The highest BCUT2D eigenvalue weighted by atomic mass is 32.2. The highest BCUT2D eigenvalue weighted by Gasteiger charge is 2.22. The quantitative estimate of drug-likeness (QED) is 0.880. The van der Waals surface area contributed by atoms with Gasteiger partial charge in [0.25, 0.3) is 0 Å². The molecule has 0 aromatic carbocycles. The second kappa shape index (κ2) is 5.78. The summed E-state index contributed by atoms with van der Waals surface area (Å²) in [5.41, 5.74) is 6.85. The molecule has 1 aliphatic carbocycles. The van der Waals surface area contributed by atoms with E-state index < -0.39 is 0 Å². The number of anilines is 2. The molecule has 0 saturated heterocycles. The first-order chi connectivity index (χ1) is 8.60. The molecule has 0 bridgehead atoms. The van der Waals surface area contributed by atoms with Crippen molar-refractivity contribution in [2.24, 2.45) is 0 Å². The number of aromatic nitrogens is 2. The monoisotopic (exact) mass is 266 g/mol. The minimum Gasteiger partial charge on any atom is -0.383 e. The van der Waals surface area contributed by atoms with Crippen LogP contribution in [0.3, 0.4) is 0 Å². The highest BCUT2D eigenvalue weighted by molar-refractivity contribution is 7.99. The van der Waals surface area contributed by atoms with E-state index in [1.165, 1.54) is 25.7 Å². The van der Waals surface area contributed by atoms with Crippen LogP contribution in [0.5, 0.6) is 0 Å². The highest BCUT2D eigenvalue weighted by Crippen LogP contribution is 2.29. The molecular weight excluding hydrogens is 244 g/mol. The van der Waals surface area contributed by atoms with E-state index in [0.717, 1.165) is 22.5 Å². The van der Waals surface area contributed by atoms with Gasteiger partial charge in [0.15, 0.2) is 0 Å². The average molecular weight is 266 g/mol. The zero-order chi connectivity index (χ0) is 13.1. The molecule has 1 heterocycles. The van der Waals surface area contributed by atoms with Crippen molar-refractivity contribution in [1.82, 2.24) is 9.97 Å². The first-order valence-corrected chi connectivity index (χ1v) is 7.79. The van der Waals surface area contributed by atoms with E-state index in [1.807, 2.05) is 25.6 Å². The van der Waals surface area contributed by atoms with Crippen LogP contribution >= 0.6 is 11.8 Å². The Kier molecular flexibility index (Phi) is 4.32. The first-order valence-electron chi connectivity index (χ1n) is 6.50. The number of hydrogen-bond acceptors (Lipinski definition) is 5. The molecule has 3 N–H and O–H groups in total. The maximum absolute atomic E-state index is 5.88. The Morgan fingerprint density at radius 1 is 1.28 bits per heavy atom. The molecule has 1 aliphatic rings. The predicted octanol–water partition coefficient (Wildman–Crippen LogP) is 2.76.